The second-order valence-corrected chi connectivity index (χ2v) is 6.77. The first-order chi connectivity index (χ1) is 14.4. The highest BCUT2D eigenvalue weighted by atomic mass is 16.5. The SMILES string of the molecule is CCOC(=O)C[C@@H](NC(=O)c1cc2cccc(OC)c2oc1=O)c1ccc(C)cc1. The van der Waals surface area contributed by atoms with Gasteiger partial charge >= 0.3 is 11.6 Å². The minimum Gasteiger partial charge on any atom is -0.493 e. The number of amides is 1. The maximum absolute atomic E-state index is 12.9. The first kappa shape index (κ1) is 21.1. The molecule has 156 valence electrons. The molecule has 3 rings (SSSR count). The van der Waals surface area contributed by atoms with E-state index >= 15 is 0 Å². The molecule has 1 N–H and O–H groups in total. The number of carbonyl (C=O) groups is 2. The van der Waals surface area contributed by atoms with Crippen LogP contribution in [0.3, 0.4) is 0 Å². The second-order valence-electron chi connectivity index (χ2n) is 6.77. The Hall–Kier alpha value is -3.61. The zero-order valence-corrected chi connectivity index (χ0v) is 17.1. The van der Waals surface area contributed by atoms with E-state index in [2.05, 4.69) is 5.32 Å². The van der Waals surface area contributed by atoms with Gasteiger partial charge in [-0.3, -0.25) is 9.59 Å². The molecule has 2 aromatic carbocycles. The molecule has 0 spiro atoms. The van der Waals surface area contributed by atoms with Gasteiger partial charge in [0.25, 0.3) is 5.91 Å². The number of methoxy groups -OCH3 is 1. The Morgan fingerprint density at radius 3 is 2.53 bits per heavy atom. The molecule has 0 fully saturated rings. The summed E-state index contributed by atoms with van der Waals surface area (Å²) < 4.78 is 15.5. The Bertz CT molecular complexity index is 1120. The highest BCUT2D eigenvalue weighted by Crippen LogP contribution is 2.25. The van der Waals surface area contributed by atoms with Gasteiger partial charge in [-0.15, -0.1) is 0 Å². The van der Waals surface area contributed by atoms with Gasteiger partial charge in [-0.1, -0.05) is 42.0 Å². The van der Waals surface area contributed by atoms with Crippen molar-refractivity contribution in [2.45, 2.75) is 26.3 Å². The number of aryl methyl sites for hydroxylation is 1. The molecular weight excluding hydrogens is 386 g/mol. The molecule has 0 bridgehead atoms. The van der Waals surface area contributed by atoms with Gasteiger partial charge in [-0.05, 0) is 31.5 Å². The summed E-state index contributed by atoms with van der Waals surface area (Å²) in [6.45, 7) is 3.90. The van der Waals surface area contributed by atoms with Crippen LogP contribution in [0.25, 0.3) is 11.0 Å². The average molecular weight is 409 g/mol. The third-order valence-corrected chi connectivity index (χ3v) is 4.65. The molecule has 0 saturated heterocycles. The lowest BCUT2D eigenvalue weighted by molar-refractivity contribution is -0.143. The van der Waals surface area contributed by atoms with Crippen molar-refractivity contribution in [2.75, 3.05) is 13.7 Å². The molecule has 7 heteroatoms. The minimum atomic E-state index is -0.789. The monoisotopic (exact) mass is 409 g/mol. The number of para-hydroxylation sites is 1. The predicted octanol–water partition coefficient (Wildman–Crippen LogP) is 3.53. The number of hydrogen-bond acceptors (Lipinski definition) is 6. The normalized spacial score (nSPS) is 11.7. The van der Waals surface area contributed by atoms with Crippen molar-refractivity contribution in [3.8, 4) is 5.75 Å². The Morgan fingerprint density at radius 1 is 1.13 bits per heavy atom. The van der Waals surface area contributed by atoms with Crippen LogP contribution in [0.1, 0.15) is 40.9 Å². The van der Waals surface area contributed by atoms with E-state index in [1.807, 2.05) is 31.2 Å². The number of ether oxygens (including phenoxy) is 2. The van der Waals surface area contributed by atoms with Crippen molar-refractivity contribution in [2.24, 2.45) is 0 Å². The lowest BCUT2D eigenvalue weighted by atomic mass is 10.0. The first-order valence-electron chi connectivity index (χ1n) is 9.56. The standard InChI is InChI=1S/C23H23NO6/c1-4-29-20(25)13-18(15-10-8-14(2)9-11-15)24-22(26)17-12-16-6-5-7-19(28-3)21(16)30-23(17)27/h5-12,18H,4,13H2,1-3H3,(H,24,26)/t18-/m1/s1. The van der Waals surface area contributed by atoms with Gasteiger partial charge in [0.1, 0.15) is 5.56 Å². The fourth-order valence-electron chi connectivity index (χ4n) is 3.11. The van der Waals surface area contributed by atoms with Crippen LogP contribution >= 0.6 is 0 Å². The molecule has 1 amide bonds. The fourth-order valence-corrected chi connectivity index (χ4v) is 3.11. The number of carbonyl (C=O) groups excluding carboxylic acids is 2. The fraction of sp³-hybridized carbons (Fsp3) is 0.261. The molecule has 0 radical (unpaired) electrons. The van der Waals surface area contributed by atoms with Crippen molar-refractivity contribution >= 4 is 22.8 Å². The van der Waals surface area contributed by atoms with Crippen LogP contribution in [-0.4, -0.2) is 25.6 Å². The lowest BCUT2D eigenvalue weighted by Gasteiger charge is -2.18. The van der Waals surface area contributed by atoms with Crippen LogP contribution in [0.4, 0.5) is 0 Å². The third kappa shape index (κ3) is 4.68. The summed E-state index contributed by atoms with van der Waals surface area (Å²) in [5.41, 5.74) is 1.10. The molecule has 0 aliphatic carbocycles. The molecular formula is C23H23NO6. The predicted molar refractivity (Wildman–Crippen MR) is 112 cm³/mol. The summed E-state index contributed by atoms with van der Waals surface area (Å²) in [4.78, 5) is 37.4. The smallest absolute Gasteiger partial charge is 0.349 e. The van der Waals surface area contributed by atoms with Crippen LogP contribution in [-0.2, 0) is 9.53 Å². The maximum atomic E-state index is 12.9. The van der Waals surface area contributed by atoms with E-state index in [1.165, 1.54) is 13.2 Å². The van der Waals surface area contributed by atoms with Crippen LogP contribution in [0.15, 0.2) is 57.7 Å². The van der Waals surface area contributed by atoms with Crippen LogP contribution < -0.4 is 15.7 Å². The second kappa shape index (κ2) is 9.26. The summed E-state index contributed by atoms with van der Waals surface area (Å²) in [6.07, 6.45) is -0.0601. The number of fused-ring (bicyclic) bond motifs is 1. The molecule has 1 aromatic heterocycles. The molecule has 0 aliphatic rings. The van der Waals surface area contributed by atoms with E-state index in [4.69, 9.17) is 13.9 Å². The van der Waals surface area contributed by atoms with Gasteiger partial charge in [0.05, 0.1) is 26.2 Å². The van der Waals surface area contributed by atoms with Gasteiger partial charge < -0.3 is 19.2 Å². The topological polar surface area (TPSA) is 94.8 Å². The summed E-state index contributed by atoms with van der Waals surface area (Å²) in [7, 11) is 1.47. The molecule has 30 heavy (non-hydrogen) atoms. The number of hydrogen-bond donors (Lipinski definition) is 1. The Morgan fingerprint density at radius 2 is 1.87 bits per heavy atom. The van der Waals surface area contributed by atoms with Crippen molar-refractivity contribution < 1.29 is 23.5 Å². The summed E-state index contributed by atoms with van der Waals surface area (Å²) in [5.74, 6) is -0.682. The quantitative estimate of drug-likeness (QED) is 0.474. The van der Waals surface area contributed by atoms with Gasteiger partial charge in [0.15, 0.2) is 11.3 Å². The van der Waals surface area contributed by atoms with Crippen LogP contribution in [0.2, 0.25) is 0 Å². The van der Waals surface area contributed by atoms with Crippen molar-refractivity contribution in [3.05, 3.63) is 75.6 Å². The average Bonchev–Trinajstić information content (AvgIpc) is 2.73. The summed E-state index contributed by atoms with van der Waals surface area (Å²) in [6, 6.07) is 13.3. The highest BCUT2D eigenvalue weighted by Gasteiger charge is 2.23. The summed E-state index contributed by atoms with van der Waals surface area (Å²) in [5, 5.41) is 3.31. The minimum absolute atomic E-state index is 0.0601. The number of rotatable bonds is 7. The lowest BCUT2D eigenvalue weighted by Crippen LogP contribution is -2.33. The Labute approximate surface area is 173 Å². The first-order valence-corrected chi connectivity index (χ1v) is 9.56. The summed E-state index contributed by atoms with van der Waals surface area (Å²) >= 11 is 0. The van der Waals surface area contributed by atoms with Gasteiger partial charge in [0, 0.05) is 5.39 Å². The van der Waals surface area contributed by atoms with E-state index < -0.39 is 23.5 Å². The van der Waals surface area contributed by atoms with Crippen molar-refractivity contribution in [3.63, 3.8) is 0 Å². The van der Waals surface area contributed by atoms with E-state index in [-0.39, 0.29) is 24.2 Å². The third-order valence-electron chi connectivity index (χ3n) is 4.65. The van der Waals surface area contributed by atoms with Crippen molar-refractivity contribution in [1.82, 2.24) is 5.32 Å². The van der Waals surface area contributed by atoms with E-state index in [9.17, 15) is 14.4 Å². The van der Waals surface area contributed by atoms with Gasteiger partial charge in [-0.2, -0.15) is 0 Å². The van der Waals surface area contributed by atoms with Gasteiger partial charge in [0.2, 0.25) is 0 Å². The van der Waals surface area contributed by atoms with E-state index in [0.717, 1.165) is 11.1 Å². The molecule has 0 saturated carbocycles. The molecule has 0 aliphatic heterocycles. The largest absolute Gasteiger partial charge is 0.493 e. The Kier molecular flexibility index (Phi) is 6.51. The van der Waals surface area contributed by atoms with Crippen LogP contribution in [0.5, 0.6) is 5.75 Å². The zero-order valence-electron chi connectivity index (χ0n) is 17.1. The van der Waals surface area contributed by atoms with Gasteiger partial charge in [-0.25, -0.2) is 4.79 Å². The number of benzene rings is 2. The maximum Gasteiger partial charge on any atom is 0.349 e. The molecule has 0 unspecified atom stereocenters. The number of nitrogens with one attached hydrogen (secondary N) is 1. The molecule has 1 atom stereocenters. The van der Waals surface area contributed by atoms with Crippen LogP contribution in [0, 0.1) is 6.92 Å². The zero-order chi connectivity index (χ0) is 21.7. The molecule has 3 aromatic rings. The van der Waals surface area contributed by atoms with Crippen molar-refractivity contribution in [1.29, 1.82) is 0 Å². The molecule has 7 nitrogen and oxygen atoms in total. The Balaban J connectivity index is 1.93. The highest BCUT2D eigenvalue weighted by molar-refractivity contribution is 5.97. The number of esters is 1. The molecule has 1 heterocycles. The van der Waals surface area contributed by atoms with E-state index in [1.54, 1.807) is 25.1 Å². The van der Waals surface area contributed by atoms with E-state index in [0.29, 0.717) is 11.1 Å².